The maximum absolute atomic E-state index is 6.14. The Morgan fingerprint density at radius 2 is 1.76 bits per heavy atom. The molecule has 1 heterocycles. The van der Waals surface area contributed by atoms with Gasteiger partial charge in [0.1, 0.15) is 5.75 Å². The van der Waals surface area contributed by atoms with E-state index in [1.54, 1.807) is 7.11 Å². The van der Waals surface area contributed by atoms with E-state index in [1.165, 1.54) is 5.56 Å². The van der Waals surface area contributed by atoms with E-state index in [0.717, 1.165) is 11.4 Å². The van der Waals surface area contributed by atoms with Gasteiger partial charge in [0, 0.05) is 5.69 Å². The number of guanidine groups is 1. The molecule has 0 aliphatic carbocycles. The number of benzene rings is 2. The molecule has 4 heteroatoms. The zero-order valence-corrected chi connectivity index (χ0v) is 12.3. The maximum Gasteiger partial charge on any atom is 0.196 e. The van der Waals surface area contributed by atoms with Crippen molar-refractivity contribution in [2.24, 2.45) is 10.7 Å². The molecule has 0 radical (unpaired) electrons. The number of nitrogens with zero attached hydrogens (tertiary/aromatic N) is 2. The van der Waals surface area contributed by atoms with Gasteiger partial charge in [-0.3, -0.25) is 4.99 Å². The van der Waals surface area contributed by atoms with Crippen molar-refractivity contribution >= 4 is 11.6 Å². The third-order valence-corrected chi connectivity index (χ3v) is 4.00. The fraction of sp³-hybridized carbons (Fsp3) is 0.235. The zero-order valence-electron chi connectivity index (χ0n) is 12.3. The first kappa shape index (κ1) is 13.5. The maximum atomic E-state index is 6.14. The first-order chi connectivity index (χ1) is 10.1. The number of ether oxygens (including phenoxy) is 1. The van der Waals surface area contributed by atoms with Crippen molar-refractivity contribution in [3.05, 3.63) is 60.2 Å². The van der Waals surface area contributed by atoms with Crippen molar-refractivity contribution in [2.45, 2.75) is 12.5 Å². The number of anilines is 1. The van der Waals surface area contributed by atoms with Crippen molar-refractivity contribution < 1.29 is 4.74 Å². The van der Waals surface area contributed by atoms with Gasteiger partial charge in [-0.15, -0.1) is 0 Å². The quantitative estimate of drug-likeness (QED) is 0.941. The highest BCUT2D eigenvalue weighted by Crippen LogP contribution is 2.37. The lowest BCUT2D eigenvalue weighted by Crippen LogP contribution is -2.47. The highest BCUT2D eigenvalue weighted by molar-refractivity contribution is 5.98. The molecule has 0 amide bonds. The third-order valence-electron chi connectivity index (χ3n) is 4.00. The van der Waals surface area contributed by atoms with Gasteiger partial charge in [0.15, 0.2) is 5.96 Å². The van der Waals surface area contributed by atoms with E-state index in [-0.39, 0.29) is 5.54 Å². The number of hydrogen-bond donors (Lipinski definition) is 1. The van der Waals surface area contributed by atoms with Crippen LogP contribution in [0.1, 0.15) is 12.5 Å². The summed E-state index contributed by atoms with van der Waals surface area (Å²) < 4.78 is 5.22. The summed E-state index contributed by atoms with van der Waals surface area (Å²) in [5.74, 6) is 1.38. The van der Waals surface area contributed by atoms with E-state index < -0.39 is 0 Å². The Kier molecular flexibility index (Phi) is 3.29. The van der Waals surface area contributed by atoms with Crippen LogP contribution in [0.25, 0.3) is 0 Å². The molecule has 0 fully saturated rings. The van der Waals surface area contributed by atoms with E-state index >= 15 is 0 Å². The van der Waals surface area contributed by atoms with Crippen LogP contribution in [0.5, 0.6) is 5.75 Å². The summed E-state index contributed by atoms with van der Waals surface area (Å²) in [7, 11) is 1.66. The van der Waals surface area contributed by atoms with Crippen molar-refractivity contribution in [3.63, 3.8) is 0 Å². The van der Waals surface area contributed by atoms with Crippen LogP contribution in [0, 0.1) is 0 Å². The van der Waals surface area contributed by atoms with Gasteiger partial charge in [0.2, 0.25) is 0 Å². The Bertz CT molecular complexity index is 651. The van der Waals surface area contributed by atoms with Crippen LogP contribution in [0.2, 0.25) is 0 Å². The molecule has 2 N–H and O–H groups in total. The van der Waals surface area contributed by atoms with Gasteiger partial charge in [-0.2, -0.15) is 0 Å². The second kappa shape index (κ2) is 5.13. The molecule has 2 aromatic carbocycles. The van der Waals surface area contributed by atoms with Gasteiger partial charge in [-0.1, -0.05) is 30.3 Å². The Morgan fingerprint density at radius 3 is 2.38 bits per heavy atom. The van der Waals surface area contributed by atoms with Crippen LogP contribution in [-0.4, -0.2) is 19.6 Å². The van der Waals surface area contributed by atoms with Gasteiger partial charge in [0.05, 0.1) is 19.2 Å². The second-order valence-corrected chi connectivity index (χ2v) is 5.35. The second-order valence-electron chi connectivity index (χ2n) is 5.35. The van der Waals surface area contributed by atoms with E-state index in [2.05, 4.69) is 28.9 Å². The Morgan fingerprint density at radius 1 is 1.10 bits per heavy atom. The summed E-state index contributed by atoms with van der Waals surface area (Å²) in [5.41, 5.74) is 8.09. The molecule has 1 atom stereocenters. The summed E-state index contributed by atoms with van der Waals surface area (Å²) in [6.45, 7) is 2.81. The standard InChI is InChI=1S/C17H19N3O/c1-17(13-6-4-3-5-7-13)12-19-16(18)20(17)14-8-10-15(21-2)11-9-14/h3-11H,12H2,1-2H3,(H2,18,19). The summed E-state index contributed by atoms with van der Waals surface area (Å²) in [5, 5.41) is 0. The normalized spacial score (nSPS) is 21.2. The van der Waals surface area contributed by atoms with Gasteiger partial charge in [-0.05, 0) is 36.8 Å². The van der Waals surface area contributed by atoms with E-state index in [9.17, 15) is 0 Å². The van der Waals surface area contributed by atoms with Crippen LogP contribution in [0.4, 0.5) is 5.69 Å². The van der Waals surface area contributed by atoms with Crippen LogP contribution in [0.15, 0.2) is 59.6 Å². The van der Waals surface area contributed by atoms with E-state index in [4.69, 9.17) is 10.5 Å². The molecule has 0 spiro atoms. The molecule has 21 heavy (non-hydrogen) atoms. The van der Waals surface area contributed by atoms with Crippen LogP contribution in [0.3, 0.4) is 0 Å². The molecule has 1 aliphatic heterocycles. The SMILES string of the molecule is COc1ccc(N2C(N)=NCC2(C)c2ccccc2)cc1. The summed E-state index contributed by atoms with van der Waals surface area (Å²) in [4.78, 5) is 6.54. The monoisotopic (exact) mass is 281 g/mol. The van der Waals surface area contributed by atoms with Gasteiger partial charge < -0.3 is 15.4 Å². The molecular formula is C17H19N3O. The van der Waals surface area contributed by atoms with Crippen molar-refractivity contribution in [2.75, 3.05) is 18.6 Å². The molecule has 108 valence electrons. The Hall–Kier alpha value is -2.49. The summed E-state index contributed by atoms with van der Waals surface area (Å²) in [6.07, 6.45) is 0. The lowest BCUT2D eigenvalue weighted by Gasteiger charge is -2.36. The highest BCUT2D eigenvalue weighted by atomic mass is 16.5. The molecule has 0 aromatic heterocycles. The minimum absolute atomic E-state index is 0.264. The fourth-order valence-electron chi connectivity index (χ4n) is 2.80. The van der Waals surface area contributed by atoms with E-state index in [0.29, 0.717) is 12.5 Å². The molecule has 0 saturated heterocycles. The predicted molar refractivity (Wildman–Crippen MR) is 85.8 cm³/mol. The molecular weight excluding hydrogens is 262 g/mol. The van der Waals surface area contributed by atoms with Gasteiger partial charge >= 0.3 is 0 Å². The van der Waals surface area contributed by atoms with Gasteiger partial charge in [0.25, 0.3) is 0 Å². The minimum atomic E-state index is -0.264. The summed E-state index contributed by atoms with van der Waals surface area (Å²) >= 11 is 0. The predicted octanol–water partition coefficient (Wildman–Crippen LogP) is 2.75. The smallest absolute Gasteiger partial charge is 0.196 e. The molecule has 2 aromatic rings. The van der Waals surface area contributed by atoms with Crippen molar-refractivity contribution in [3.8, 4) is 5.75 Å². The third kappa shape index (κ3) is 2.23. The first-order valence-electron chi connectivity index (χ1n) is 6.95. The van der Waals surface area contributed by atoms with Crippen LogP contribution < -0.4 is 15.4 Å². The lowest BCUT2D eigenvalue weighted by molar-refractivity contribution is 0.414. The molecule has 1 unspecified atom stereocenters. The van der Waals surface area contributed by atoms with Crippen molar-refractivity contribution in [1.29, 1.82) is 0 Å². The number of hydrogen-bond acceptors (Lipinski definition) is 4. The average Bonchev–Trinajstić information content (AvgIpc) is 2.85. The fourth-order valence-corrected chi connectivity index (χ4v) is 2.80. The molecule has 0 saturated carbocycles. The topological polar surface area (TPSA) is 50.9 Å². The molecule has 3 rings (SSSR count). The number of nitrogens with two attached hydrogens (primary N) is 1. The number of aliphatic imine (C=N–C) groups is 1. The number of rotatable bonds is 3. The highest BCUT2D eigenvalue weighted by Gasteiger charge is 2.40. The summed E-state index contributed by atoms with van der Waals surface area (Å²) in [6, 6.07) is 18.2. The lowest BCUT2D eigenvalue weighted by atomic mass is 9.90. The minimum Gasteiger partial charge on any atom is -0.497 e. The largest absolute Gasteiger partial charge is 0.497 e. The van der Waals surface area contributed by atoms with Gasteiger partial charge in [-0.25, -0.2) is 0 Å². The molecule has 0 bridgehead atoms. The number of methoxy groups -OCH3 is 1. The zero-order chi connectivity index (χ0) is 14.9. The average molecular weight is 281 g/mol. The molecule has 4 nitrogen and oxygen atoms in total. The van der Waals surface area contributed by atoms with Crippen LogP contribution >= 0.6 is 0 Å². The Labute approximate surface area is 124 Å². The van der Waals surface area contributed by atoms with E-state index in [1.807, 2.05) is 42.5 Å². The first-order valence-corrected chi connectivity index (χ1v) is 6.95. The molecule has 1 aliphatic rings. The Balaban J connectivity index is 2.02. The van der Waals surface area contributed by atoms with Crippen molar-refractivity contribution in [1.82, 2.24) is 0 Å². The van der Waals surface area contributed by atoms with Crippen LogP contribution in [-0.2, 0) is 5.54 Å².